The van der Waals surface area contributed by atoms with Gasteiger partial charge in [0.2, 0.25) is 15.9 Å². The van der Waals surface area contributed by atoms with Crippen molar-refractivity contribution in [2.45, 2.75) is 30.4 Å². The van der Waals surface area contributed by atoms with Crippen molar-refractivity contribution in [1.29, 1.82) is 0 Å². The Labute approximate surface area is 154 Å². The number of halogens is 1. The number of rotatable bonds is 7. The molecule has 0 saturated carbocycles. The predicted molar refractivity (Wildman–Crippen MR) is 96.1 cm³/mol. The predicted octanol–water partition coefficient (Wildman–Crippen LogP) is 0.401. The number of amides is 1. The number of hydrogen-bond acceptors (Lipinski definition) is 5. The number of carbonyl (C=O) groups is 1. The molecule has 9 heteroatoms. The van der Waals surface area contributed by atoms with Crippen LogP contribution in [0.15, 0.2) is 29.2 Å². The van der Waals surface area contributed by atoms with Crippen LogP contribution in [-0.4, -0.2) is 46.7 Å². The Hall–Kier alpha value is -1.19. The lowest BCUT2D eigenvalue weighted by Gasteiger charge is -2.25. The number of benzene rings is 1. The second-order valence-electron chi connectivity index (χ2n) is 6.20. The first kappa shape index (κ1) is 20.1. The summed E-state index contributed by atoms with van der Waals surface area (Å²) in [4.78, 5) is 12.0. The minimum atomic E-state index is -3.53. The van der Waals surface area contributed by atoms with Crippen LogP contribution in [0.5, 0.6) is 0 Å². The maximum Gasteiger partial charge on any atom is 0.240 e. The molecule has 1 aromatic rings. The van der Waals surface area contributed by atoms with Gasteiger partial charge in [-0.1, -0.05) is 12.1 Å². The molecule has 1 unspecified atom stereocenters. The number of hydrogen-bond donors (Lipinski definition) is 3. The molecule has 3 rings (SSSR count). The van der Waals surface area contributed by atoms with Gasteiger partial charge in [0, 0.05) is 32.8 Å². The summed E-state index contributed by atoms with van der Waals surface area (Å²) in [5.41, 5.74) is 0.869. The summed E-state index contributed by atoms with van der Waals surface area (Å²) in [6.45, 7) is 2.84. The topological polar surface area (TPSA) is 96.5 Å². The fourth-order valence-electron chi connectivity index (χ4n) is 2.69. The first-order valence-electron chi connectivity index (χ1n) is 8.23. The average Bonchev–Trinajstić information content (AvgIpc) is 3.03. The van der Waals surface area contributed by atoms with Crippen LogP contribution in [-0.2, 0) is 26.1 Å². The van der Waals surface area contributed by atoms with Gasteiger partial charge in [-0.05, 0) is 30.5 Å². The number of nitrogens with one attached hydrogen (secondary N) is 3. The molecule has 2 aliphatic rings. The molecule has 1 atom stereocenters. The van der Waals surface area contributed by atoms with Gasteiger partial charge in [-0.2, -0.15) is 0 Å². The van der Waals surface area contributed by atoms with Crippen molar-refractivity contribution in [2.24, 2.45) is 5.92 Å². The highest BCUT2D eigenvalue weighted by Crippen LogP contribution is 2.14. The van der Waals surface area contributed by atoms with Crippen LogP contribution < -0.4 is 15.4 Å². The van der Waals surface area contributed by atoms with E-state index in [1.54, 1.807) is 24.3 Å². The van der Waals surface area contributed by atoms with E-state index in [1.807, 2.05) is 0 Å². The van der Waals surface area contributed by atoms with Gasteiger partial charge < -0.3 is 15.4 Å². The number of carbonyl (C=O) groups excluding carboxylic acids is 1. The van der Waals surface area contributed by atoms with Crippen molar-refractivity contribution in [3.05, 3.63) is 29.8 Å². The maximum atomic E-state index is 12.3. The largest absolute Gasteiger partial charge is 0.377 e. The summed E-state index contributed by atoms with van der Waals surface area (Å²) in [6, 6.07) is 6.56. The summed E-state index contributed by atoms with van der Waals surface area (Å²) >= 11 is 0. The molecule has 2 saturated heterocycles. The van der Waals surface area contributed by atoms with Crippen molar-refractivity contribution >= 4 is 28.3 Å². The quantitative estimate of drug-likeness (QED) is 0.627. The zero-order chi connectivity index (χ0) is 17.0. The summed E-state index contributed by atoms with van der Waals surface area (Å²) in [5.74, 6) is 0.0790. The monoisotopic (exact) mass is 389 g/mol. The second-order valence-corrected chi connectivity index (χ2v) is 7.97. The molecule has 0 bridgehead atoms. The van der Waals surface area contributed by atoms with Crippen LogP contribution in [0.3, 0.4) is 0 Å². The van der Waals surface area contributed by atoms with Crippen molar-refractivity contribution in [2.75, 3.05) is 26.2 Å². The molecule has 7 nitrogen and oxygen atoms in total. The van der Waals surface area contributed by atoms with Crippen LogP contribution >= 0.6 is 12.4 Å². The van der Waals surface area contributed by atoms with Gasteiger partial charge in [0.25, 0.3) is 0 Å². The SMILES string of the molecule is Cl.O=C(NCc1ccc(S(=O)(=O)NCC2CCCO2)cc1)C1CNC1. The molecule has 2 aliphatic heterocycles. The zero-order valence-corrected chi connectivity index (χ0v) is 15.5. The molecule has 0 spiro atoms. The molecular weight excluding hydrogens is 366 g/mol. The molecule has 1 aromatic carbocycles. The molecular formula is C16H24ClN3O4S. The maximum absolute atomic E-state index is 12.3. The Morgan fingerprint density at radius 2 is 1.96 bits per heavy atom. The van der Waals surface area contributed by atoms with E-state index < -0.39 is 10.0 Å². The van der Waals surface area contributed by atoms with Crippen LogP contribution in [0, 0.1) is 5.92 Å². The van der Waals surface area contributed by atoms with E-state index in [0.717, 1.165) is 31.5 Å². The van der Waals surface area contributed by atoms with E-state index in [1.165, 1.54) is 0 Å². The standard InChI is InChI=1S/C16H23N3O4S.ClH/c20-16(13-9-17-10-13)18-8-12-3-5-15(6-4-12)24(21,22)19-11-14-2-1-7-23-14;/h3-6,13-14,17,19H,1-2,7-11H2,(H,18,20);1H. The van der Waals surface area contributed by atoms with Gasteiger partial charge in [0.05, 0.1) is 16.9 Å². The zero-order valence-electron chi connectivity index (χ0n) is 13.9. The summed E-state index contributed by atoms with van der Waals surface area (Å²) in [7, 11) is -3.53. The Balaban J connectivity index is 0.00000225. The third-order valence-electron chi connectivity index (χ3n) is 4.38. The summed E-state index contributed by atoms with van der Waals surface area (Å²) < 4.78 is 32.5. The van der Waals surface area contributed by atoms with Gasteiger partial charge in [-0.25, -0.2) is 13.1 Å². The van der Waals surface area contributed by atoms with Crippen molar-refractivity contribution in [3.63, 3.8) is 0 Å². The first-order valence-corrected chi connectivity index (χ1v) is 9.71. The smallest absolute Gasteiger partial charge is 0.240 e. The van der Waals surface area contributed by atoms with Crippen molar-refractivity contribution < 1.29 is 17.9 Å². The van der Waals surface area contributed by atoms with Crippen LogP contribution in [0.2, 0.25) is 0 Å². The lowest BCUT2D eigenvalue weighted by atomic mass is 10.0. The minimum Gasteiger partial charge on any atom is -0.377 e. The lowest BCUT2D eigenvalue weighted by Crippen LogP contribution is -2.50. The fraction of sp³-hybridized carbons (Fsp3) is 0.562. The third-order valence-corrected chi connectivity index (χ3v) is 5.82. The van der Waals surface area contributed by atoms with Crippen LogP contribution in [0.1, 0.15) is 18.4 Å². The highest BCUT2D eigenvalue weighted by molar-refractivity contribution is 7.89. The van der Waals surface area contributed by atoms with Crippen molar-refractivity contribution in [1.82, 2.24) is 15.4 Å². The van der Waals surface area contributed by atoms with Gasteiger partial charge in [0.1, 0.15) is 0 Å². The average molecular weight is 390 g/mol. The Morgan fingerprint density at radius 1 is 1.24 bits per heavy atom. The van der Waals surface area contributed by atoms with Gasteiger partial charge >= 0.3 is 0 Å². The molecule has 140 valence electrons. The van der Waals surface area contributed by atoms with E-state index in [9.17, 15) is 13.2 Å². The Bertz CT molecular complexity index is 671. The van der Waals surface area contributed by atoms with Crippen LogP contribution in [0.25, 0.3) is 0 Å². The van der Waals surface area contributed by atoms with E-state index in [2.05, 4.69) is 15.4 Å². The first-order chi connectivity index (χ1) is 11.5. The number of ether oxygens (including phenoxy) is 1. The van der Waals surface area contributed by atoms with Gasteiger partial charge in [-0.15, -0.1) is 12.4 Å². The molecule has 0 aliphatic carbocycles. The highest BCUT2D eigenvalue weighted by Gasteiger charge is 2.24. The molecule has 2 heterocycles. The molecule has 3 N–H and O–H groups in total. The Kier molecular flexibility index (Phi) is 7.21. The van der Waals surface area contributed by atoms with E-state index in [0.29, 0.717) is 19.7 Å². The van der Waals surface area contributed by atoms with Gasteiger partial charge in [0.15, 0.2) is 0 Å². The van der Waals surface area contributed by atoms with E-state index in [4.69, 9.17) is 4.74 Å². The van der Waals surface area contributed by atoms with E-state index in [-0.39, 0.29) is 35.2 Å². The van der Waals surface area contributed by atoms with Gasteiger partial charge in [-0.3, -0.25) is 4.79 Å². The third kappa shape index (κ3) is 5.39. The second kappa shape index (κ2) is 8.95. The number of sulfonamides is 1. The summed E-state index contributed by atoms with van der Waals surface area (Å²) in [6.07, 6.45) is 1.83. The molecule has 0 aromatic heterocycles. The van der Waals surface area contributed by atoms with E-state index >= 15 is 0 Å². The fourth-order valence-corrected chi connectivity index (χ4v) is 3.75. The lowest BCUT2D eigenvalue weighted by molar-refractivity contribution is -0.126. The Morgan fingerprint density at radius 3 is 2.52 bits per heavy atom. The minimum absolute atomic E-state index is 0. The normalized spacial score (nSPS) is 20.6. The molecule has 1 amide bonds. The molecule has 0 radical (unpaired) electrons. The van der Waals surface area contributed by atoms with Crippen LogP contribution in [0.4, 0.5) is 0 Å². The summed E-state index contributed by atoms with van der Waals surface area (Å²) in [5, 5.41) is 5.91. The molecule has 25 heavy (non-hydrogen) atoms. The van der Waals surface area contributed by atoms with Crippen molar-refractivity contribution in [3.8, 4) is 0 Å². The molecule has 2 fully saturated rings. The highest BCUT2D eigenvalue weighted by atomic mass is 35.5.